The number of pyridine rings is 1. The van der Waals surface area contributed by atoms with Crippen molar-refractivity contribution in [2.24, 2.45) is 5.92 Å². The minimum absolute atomic E-state index is 0.471. The summed E-state index contributed by atoms with van der Waals surface area (Å²) in [6, 6.07) is 4.80. The predicted octanol–water partition coefficient (Wildman–Crippen LogP) is 2.51. The zero-order valence-electron chi connectivity index (χ0n) is 10.3. The number of hydrogen-bond donors (Lipinski definition) is 1. The molecule has 0 aliphatic heterocycles. The molecule has 1 N–H and O–H groups in total. The molecule has 92 valence electrons. The van der Waals surface area contributed by atoms with Gasteiger partial charge in [-0.25, -0.2) is 0 Å². The van der Waals surface area contributed by atoms with E-state index in [1.54, 1.807) is 6.92 Å². The van der Waals surface area contributed by atoms with Gasteiger partial charge in [0.1, 0.15) is 0 Å². The highest BCUT2D eigenvalue weighted by molar-refractivity contribution is 5.47. The van der Waals surface area contributed by atoms with Crippen molar-refractivity contribution in [3.05, 3.63) is 24.0 Å². The lowest BCUT2D eigenvalue weighted by molar-refractivity contribution is 0.194. The highest BCUT2D eigenvalue weighted by Gasteiger charge is 2.33. The van der Waals surface area contributed by atoms with Crippen molar-refractivity contribution >= 4 is 5.69 Å². The molecule has 0 aromatic carbocycles. The Morgan fingerprint density at radius 2 is 2.12 bits per heavy atom. The van der Waals surface area contributed by atoms with Gasteiger partial charge >= 0.3 is 0 Å². The van der Waals surface area contributed by atoms with Crippen LogP contribution in [0.4, 0.5) is 5.69 Å². The molecular formula is C14H20N2O. The number of rotatable bonds is 5. The molecule has 1 aromatic rings. The van der Waals surface area contributed by atoms with Crippen molar-refractivity contribution in [1.29, 1.82) is 0 Å². The molecule has 2 aliphatic rings. The lowest BCUT2D eigenvalue weighted by Crippen LogP contribution is -2.28. The Hall–Kier alpha value is -1.09. The van der Waals surface area contributed by atoms with Gasteiger partial charge < -0.3 is 10.0 Å². The summed E-state index contributed by atoms with van der Waals surface area (Å²) in [5, 5.41) is 9.45. The van der Waals surface area contributed by atoms with Gasteiger partial charge in [0.2, 0.25) is 0 Å². The summed E-state index contributed by atoms with van der Waals surface area (Å²) in [6.07, 6.45) is 6.88. The minimum atomic E-state index is -0.471. The van der Waals surface area contributed by atoms with E-state index in [1.807, 2.05) is 12.3 Å². The van der Waals surface area contributed by atoms with Gasteiger partial charge in [-0.3, -0.25) is 4.98 Å². The topological polar surface area (TPSA) is 36.4 Å². The molecule has 0 bridgehead atoms. The van der Waals surface area contributed by atoms with Crippen LogP contribution in [0.25, 0.3) is 0 Å². The summed E-state index contributed by atoms with van der Waals surface area (Å²) < 4.78 is 0. The van der Waals surface area contributed by atoms with E-state index in [1.165, 1.54) is 37.9 Å². The summed E-state index contributed by atoms with van der Waals surface area (Å²) in [7, 11) is 0. The number of hydrogen-bond acceptors (Lipinski definition) is 3. The summed E-state index contributed by atoms with van der Waals surface area (Å²) in [5.74, 6) is 0.909. The Morgan fingerprint density at radius 3 is 2.59 bits per heavy atom. The smallest absolute Gasteiger partial charge is 0.0931 e. The monoisotopic (exact) mass is 232 g/mol. The Bertz CT molecular complexity index is 380. The van der Waals surface area contributed by atoms with Gasteiger partial charge in [0, 0.05) is 12.6 Å². The second kappa shape index (κ2) is 4.30. The van der Waals surface area contributed by atoms with Gasteiger partial charge in [0.05, 0.1) is 23.7 Å². The third-order valence-corrected chi connectivity index (χ3v) is 3.67. The molecule has 17 heavy (non-hydrogen) atoms. The first kappa shape index (κ1) is 11.0. The van der Waals surface area contributed by atoms with Gasteiger partial charge in [-0.1, -0.05) is 0 Å². The first-order valence-electron chi connectivity index (χ1n) is 6.64. The summed E-state index contributed by atoms with van der Waals surface area (Å²) in [4.78, 5) is 6.86. The first-order chi connectivity index (χ1) is 8.24. The van der Waals surface area contributed by atoms with E-state index in [0.717, 1.165) is 17.7 Å². The maximum absolute atomic E-state index is 9.45. The van der Waals surface area contributed by atoms with Crippen LogP contribution in [0.5, 0.6) is 0 Å². The van der Waals surface area contributed by atoms with Crippen molar-refractivity contribution in [1.82, 2.24) is 4.98 Å². The molecule has 0 unspecified atom stereocenters. The van der Waals surface area contributed by atoms with E-state index < -0.39 is 6.10 Å². The molecule has 0 saturated heterocycles. The molecule has 3 rings (SSSR count). The van der Waals surface area contributed by atoms with Gasteiger partial charge in [-0.05, 0) is 50.7 Å². The van der Waals surface area contributed by atoms with Crippen LogP contribution < -0.4 is 4.90 Å². The van der Waals surface area contributed by atoms with Gasteiger partial charge in [-0.2, -0.15) is 0 Å². The van der Waals surface area contributed by atoms with Crippen LogP contribution >= 0.6 is 0 Å². The van der Waals surface area contributed by atoms with Crippen molar-refractivity contribution in [2.75, 3.05) is 11.4 Å². The number of aliphatic hydroxyl groups is 1. The van der Waals surface area contributed by atoms with Gasteiger partial charge in [0.25, 0.3) is 0 Å². The Labute approximate surface area is 102 Å². The second-order valence-corrected chi connectivity index (χ2v) is 5.44. The molecule has 0 radical (unpaired) electrons. The fourth-order valence-electron chi connectivity index (χ4n) is 2.24. The summed E-state index contributed by atoms with van der Waals surface area (Å²) in [6.45, 7) is 2.95. The van der Waals surface area contributed by atoms with Gasteiger partial charge in [-0.15, -0.1) is 0 Å². The molecule has 1 atom stereocenters. The summed E-state index contributed by atoms with van der Waals surface area (Å²) in [5.41, 5.74) is 1.99. The lowest BCUT2D eigenvalue weighted by atomic mass is 10.2. The van der Waals surface area contributed by atoms with Crippen LogP contribution in [0.3, 0.4) is 0 Å². The molecule has 2 fully saturated rings. The standard InChI is InChI=1S/C14H20N2O/c1-10(17)14-7-6-13(8-15-14)16(12-4-5-12)9-11-2-3-11/h6-8,10-12,17H,2-5,9H2,1H3/t10-/m0/s1. The average Bonchev–Trinajstić information content (AvgIpc) is 3.18. The first-order valence-corrected chi connectivity index (χ1v) is 6.64. The number of aliphatic hydroxyl groups excluding tert-OH is 1. The van der Waals surface area contributed by atoms with E-state index in [0.29, 0.717) is 0 Å². The number of anilines is 1. The number of aromatic nitrogens is 1. The molecule has 2 aliphatic carbocycles. The fourth-order valence-corrected chi connectivity index (χ4v) is 2.24. The van der Waals surface area contributed by atoms with Crippen LogP contribution in [0.15, 0.2) is 18.3 Å². The molecule has 3 nitrogen and oxygen atoms in total. The Balaban J connectivity index is 1.75. The number of nitrogens with zero attached hydrogens (tertiary/aromatic N) is 2. The van der Waals surface area contributed by atoms with E-state index in [-0.39, 0.29) is 0 Å². The van der Waals surface area contributed by atoms with Crippen molar-refractivity contribution in [2.45, 2.75) is 44.8 Å². The van der Waals surface area contributed by atoms with Crippen molar-refractivity contribution in [3.63, 3.8) is 0 Å². The maximum atomic E-state index is 9.45. The molecule has 3 heteroatoms. The fraction of sp³-hybridized carbons (Fsp3) is 0.643. The van der Waals surface area contributed by atoms with E-state index >= 15 is 0 Å². The van der Waals surface area contributed by atoms with Crippen LogP contribution in [0, 0.1) is 5.92 Å². The van der Waals surface area contributed by atoms with E-state index in [4.69, 9.17) is 0 Å². The predicted molar refractivity (Wildman–Crippen MR) is 68.0 cm³/mol. The molecule has 0 amide bonds. The van der Waals surface area contributed by atoms with Crippen molar-refractivity contribution in [3.8, 4) is 0 Å². The lowest BCUT2D eigenvalue weighted by Gasteiger charge is -2.24. The van der Waals surface area contributed by atoms with Crippen molar-refractivity contribution < 1.29 is 5.11 Å². The molecule has 2 saturated carbocycles. The minimum Gasteiger partial charge on any atom is -0.387 e. The Morgan fingerprint density at radius 1 is 1.35 bits per heavy atom. The molecule has 1 aromatic heterocycles. The third-order valence-electron chi connectivity index (χ3n) is 3.67. The molecular weight excluding hydrogens is 212 g/mol. The van der Waals surface area contributed by atoms with E-state index in [2.05, 4.69) is 16.0 Å². The quantitative estimate of drug-likeness (QED) is 0.847. The van der Waals surface area contributed by atoms with Crippen LogP contribution in [-0.2, 0) is 0 Å². The zero-order valence-corrected chi connectivity index (χ0v) is 10.3. The highest BCUT2D eigenvalue weighted by Crippen LogP contribution is 2.37. The van der Waals surface area contributed by atoms with Crippen LogP contribution in [0.1, 0.15) is 44.4 Å². The van der Waals surface area contributed by atoms with Gasteiger partial charge in [0.15, 0.2) is 0 Å². The van der Waals surface area contributed by atoms with Crippen LogP contribution in [-0.4, -0.2) is 22.7 Å². The zero-order chi connectivity index (χ0) is 11.8. The third kappa shape index (κ3) is 2.60. The highest BCUT2D eigenvalue weighted by atomic mass is 16.3. The maximum Gasteiger partial charge on any atom is 0.0931 e. The summed E-state index contributed by atoms with van der Waals surface area (Å²) >= 11 is 0. The van der Waals surface area contributed by atoms with Crippen LogP contribution in [0.2, 0.25) is 0 Å². The Kier molecular flexibility index (Phi) is 2.79. The normalized spacial score (nSPS) is 21.3. The SMILES string of the molecule is C[C@H](O)c1ccc(N(CC2CC2)C2CC2)cn1. The van der Waals surface area contributed by atoms with E-state index in [9.17, 15) is 5.11 Å². The average molecular weight is 232 g/mol. The second-order valence-electron chi connectivity index (χ2n) is 5.44. The molecule has 1 heterocycles. The molecule has 0 spiro atoms. The largest absolute Gasteiger partial charge is 0.387 e.